The summed E-state index contributed by atoms with van der Waals surface area (Å²) in [4.78, 5) is 2.81. The summed E-state index contributed by atoms with van der Waals surface area (Å²) in [5.74, 6) is 0.670. The Labute approximate surface area is 133 Å². The van der Waals surface area contributed by atoms with Gasteiger partial charge in [0.05, 0.1) is 6.04 Å². The van der Waals surface area contributed by atoms with Gasteiger partial charge >= 0.3 is 0 Å². The second-order valence-electron chi connectivity index (χ2n) is 5.47. The minimum atomic E-state index is 0.345. The van der Waals surface area contributed by atoms with Crippen molar-refractivity contribution < 1.29 is 0 Å². The van der Waals surface area contributed by atoms with Crippen LogP contribution in [-0.2, 0) is 6.42 Å². The lowest BCUT2D eigenvalue weighted by atomic mass is 9.77. The van der Waals surface area contributed by atoms with Crippen molar-refractivity contribution in [2.45, 2.75) is 18.4 Å². The van der Waals surface area contributed by atoms with Crippen LogP contribution in [0.2, 0.25) is 0 Å². The Morgan fingerprint density at radius 1 is 0.952 bits per heavy atom. The highest BCUT2D eigenvalue weighted by molar-refractivity contribution is 7.11. The van der Waals surface area contributed by atoms with E-state index in [2.05, 4.69) is 64.6 Å². The maximum Gasteiger partial charge on any atom is 0.0765 e. The molecule has 0 bridgehead atoms. The van der Waals surface area contributed by atoms with Crippen LogP contribution >= 0.6 is 22.7 Å². The first-order valence-electron chi connectivity index (χ1n) is 7.30. The molecule has 1 aromatic carbocycles. The molecule has 0 radical (unpaired) electrons. The monoisotopic (exact) mass is 311 g/mol. The Kier molecular flexibility index (Phi) is 3.63. The van der Waals surface area contributed by atoms with Crippen molar-refractivity contribution in [1.29, 1.82) is 0 Å². The largest absolute Gasteiger partial charge is 0.304 e. The molecule has 1 aliphatic rings. The number of hydrogen-bond donors (Lipinski definition) is 1. The van der Waals surface area contributed by atoms with Crippen molar-refractivity contribution in [1.82, 2.24) is 5.32 Å². The van der Waals surface area contributed by atoms with Gasteiger partial charge in [-0.3, -0.25) is 0 Å². The number of thiophene rings is 2. The average Bonchev–Trinajstić information content (AvgIpc) is 3.17. The van der Waals surface area contributed by atoms with E-state index < -0.39 is 0 Å². The first-order chi connectivity index (χ1) is 10.4. The predicted molar refractivity (Wildman–Crippen MR) is 91.4 cm³/mol. The molecule has 0 aliphatic heterocycles. The summed E-state index contributed by atoms with van der Waals surface area (Å²) >= 11 is 3.67. The molecule has 3 aromatic rings. The third kappa shape index (κ3) is 2.57. The maximum absolute atomic E-state index is 3.79. The summed E-state index contributed by atoms with van der Waals surface area (Å²) in [6.45, 7) is 1.05. The van der Waals surface area contributed by atoms with E-state index >= 15 is 0 Å². The van der Waals surface area contributed by atoms with Gasteiger partial charge < -0.3 is 5.32 Å². The standard InChI is InChI=1S/C18H17NS2/c1-2-6-15-13(5-1)11-14(15)12-19-18(16-7-3-9-20-16)17-8-4-10-21-17/h1-10,14,18-19H,11-12H2. The molecule has 0 saturated heterocycles. The quantitative estimate of drug-likeness (QED) is 0.712. The fourth-order valence-electron chi connectivity index (χ4n) is 3.06. The number of hydrogen-bond acceptors (Lipinski definition) is 3. The molecule has 4 rings (SSSR count). The zero-order chi connectivity index (χ0) is 14.1. The van der Waals surface area contributed by atoms with Crippen molar-refractivity contribution in [3.8, 4) is 0 Å². The van der Waals surface area contributed by atoms with Gasteiger partial charge in [0.2, 0.25) is 0 Å². The molecule has 1 unspecified atom stereocenters. The second kappa shape index (κ2) is 5.76. The lowest BCUT2D eigenvalue weighted by Gasteiger charge is -2.31. The molecule has 1 atom stereocenters. The van der Waals surface area contributed by atoms with Gasteiger partial charge in [-0.05, 0) is 40.4 Å². The van der Waals surface area contributed by atoms with E-state index in [0.717, 1.165) is 6.54 Å². The number of rotatable bonds is 5. The normalized spacial score (nSPS) is 16.7. The molecule has 0 amide bonds. The molecule has 21 heavy (non-hydrogen) atoms. The summed E-state index contributed by atoms with van der Waals surface area (Å²) in [6, 6.07) is 17.9. The SMILES string of the molecule is c1csc(C(NCC2Cc3ccccc32)c2cccs2)c1. The highest BCUT2D eigenvalue weighted by Crippen LogP contribution is 2.36. The van der Waals surface area contributed by atoms with Crippen LogP contribution < -0.4 is 5.32 Å². The second-order valence-corrected chi connectivity index (χ2v) is 7.43. The van der Waals surface area contributed by atoms with E-state index in [9.17, 15) is 0 Å². The lowest BCUT2D eigenvalue weighted by Crippen LogP contribution is -2.31. The summed E-state index contributed by atoms with van der Waals surface area (Å²) in [5.41, 5.74) is 3.05. The van der Waals surface area contributed by atoms with E-state index in [1.165, 1.54) is 27.3 Å². The van der Waals surface area contributed by atoms with Crippen LogP contribution in [0.1, 0.15) is 32.8 Å². The Hall–Kier alpha value is -1.42. The Morgan fingerprint density at radius 2 is 1.67 bits per heavy atom. The Morgan fingerprint density at radius 3 is 2.29 bits per heavy atom. The first kappa shape index (κ1) is 13.3. The van der Waals surface area contributed by atoms with E-state index in [1.807, 2.05) is 22.7 Å². The van der Waals surface area contributed by atoms with Crippen LogP contribution in [0, 0.1) is 0 Å². The van der Waals surface area contributed by atoms with Crippen molar-refractivity contribution >= 4 is 22.7 Å². The van der Waals surface area contributed by atoms with Crippen LogP contribution in [0.25, 0.3) is 0 Å². The van der Waals surface area contributed by atoms with Crippen LogP contribution in [-0.4, -0.2) is 6.54 Å². The Bertz CT molecular complexity index is 666. The molecule has 1 aliphatic carbocycles. The van der Waals surface area contributed by atoms with Crippen molar-refractivity contribution in [2.24, 2.45) is 0 Å². The average molecular weight is 311 g/mol. The fraction of sp³-hybridized carbons (Fsp3) is 0.222. The third-order valence-corrected chi connectivity index (χ3v) is 6.06. The molecule has 0 fully saturated rings. The van der Waals surface area contributed by atoms with Crippen molar-refractivity contribution in [3.63, 3.8) is 0 Å². The van der Waals surface area contributed by atoms with Crippen molar-refractivity contribution in [2.75, 3.05) is 6.54 Å². The van der Waals surface area contributed by atoms with Gasteiger partial charge in [-0.25, -0.2) is 0 Å². The van der Waals surface area contributed by atoms with Crippen LogP contribution in [0.4, 0.5) is 0 Å². The number of nitrogens with one attached hydrogen (secondary N) is 1. The molecule has 106 valence electrons. The molecule has 1 N–H and O–H groups in total. The van der Waals surface area contributed by atoms with Gasteiger partial charge in [0, 0.05) is 22.2 Å². The van der Waals surface area contributed by atoms with Crippen LogP contribution in [0.15, 0.2) is 59.3 Å². The minimum absolute atomic E-state index is 0.345. The van der Waals surface area contributed by atoms with Crippen LogP contribution in [0.5, 0.6) is 0 Å². The fourth-order valence-corrected chi connectivity index (χ4v) is 4.77. The zero-order valence-electron chi connectivity index (χ0n) is 11.7. The summed E-state index contributed by atoms with van der Waals surface area (Å²) in [6.07, 6.45) is 1.21. The topological polar surface area (TPSA) is 12.0 Å². The van der Waals surface area contributed by atoms with E-state index in [0.29, 0.717) is 12.0 Å². The predicted octanol–water partition coefficient (Wildman–Crippen LogP) is 4.83. The zero-order valence-corrected chi connectivity index (χ0v) is 13.3. The van der Waals surface area contributed by atoms with Gasteiger partial charge in [0.25, 0.3) is 0 Å². The molecule has 0 spiro atoms. The van der Waals surface area contributed by atoms with Gasteiger partial charge in [-0.1, -0.05) is 36.4 Å². The van der Waals surface area contributed by atoms with E-state index in [4.69, 9.17) is 0 Å². The molecule has 2 aromatic heterocycles. The highest BCUT2D eigenvalue weighted by atomic mass is 32.1. The molecular formula is C18H17NS2. The molecule has 2 heterocycles. The lowest BCUT2D eigenvalue weighted by molar-refractivity contribution is 0.509. The Balaban J connectivity index is 1.49. The highest BCUT2D eigenvalue weighted by Gasteiger charge is 2.26. The van der Waals surface area contributed by atoms with E-state index in [-0.39, 0.29) is 0 Å². The molecule has 3 heteroatoms. The van der Waals surface area contributed by atoms with E-state index in [1.54, 1.807) is 0 Å². The van der Waals surface area contributed by atoms with Gasteiger partial charge in [-0.2, -0.15) is 0 Å². The summed E-state index contributed by atoms with van der Waals surface area (Å²) in [7, 11) is 0. The van der Waals surface area contributed by atoms with Gasteiger partial charge in [0.15, 0.2) is 0 Å². The molecule has 0 saturated carbocycles. The first-order valence-corrected chi connectivity index (χ1v) is 9.06. The minimum Gasteiger partial charge on any atom is -0.304 e. The summed E-state index contributed by atoms with van der Waals surface area (Å²) < 4.78 is 0. The van der Waals surface area contributed by atoms with Gasteiger partial charge in [-0.15, -0.1) is 22.7 Å². The van der Waals surface area contributed by atoms with Crippen molar-refractivity contribution in [3.05, 3.63) is 80.2 Å². The van der Waals surface area contributed by atoms with Gasteiger partial charge in [0.1, 0.15) is 0 Å². The summed E-state index contributed by atoms with van der Waals surface area (Å²) in [5, 5.41) is 8.11. The third-order valence-electron chi connectivity index (χ3n) is 4.19. The smallest absolute Gasteiger partial charge is 0.0765 e. The maximum atomic E-state index is 3.79. The molecular weight excluding hydrogens is 294 g/mol. The van der Waals surface area contributed by atoms with Crippen LogP contribution in [0.3, 0.4) is 0 Å². The molecule has 1 nitrogen and oxygen atoms in total. The number of fused-ring (bicyclic) bond motifs is 1. The number of benzene rings is 1.